The van der Waals surface area contributed by atoms with E-state index in [9.17, 15) is 9.59 Å². The summed E-state index contributed by atoms with van der Waals surface area (Å²) in [6, 6.07) is 0. The molecule has 0 aromatic heterocycles. The molecule has 0 fully saturated rings. The molecule has 0 N–H and O–H groups in total. The van der Waals surface area contributed by atoms with Crippen LogP contribution in [0.1, 0.15) is 130 Å². The van der Waals surface area contributed by atoms with Crippen molar-refractivity contribution in [3.05, 3.63) is 0 Å². The number of ether oxygens (including phenoxy) is 1. The summed E-state index contributed by atoms with van der Waals surface area (Å²) in [4.78, 5) is 23.4. The van der Waals surface area contributed by atoms with Gasteiger partial charge in [0.2, 0.25) is 0 Å². The van der Waals surface area contributed by atoms with Crippen molar-refractivity contribution in [3.63, 3.8) is 0 Å². The van der Waals surface area contributed by atoms with Crippen molar-refractivity contribution in [3.8, 4) is 0 Å². The van der Waals surface area contributed by atoms with Gasteiger partial charge < -0.3 is 4.74 Å². The van der Waals surface area contributed by atoms with E-state index in [4.69, 9.17) is 4.74 Å². The van der Waals surface area contributed by atoms with Gasteiger partial charge in [-0.25, -0.2) is 0 Å². The molecule has 3 heteroatoms. The summed E-state index contributed by atoms with van der Waals surface area (Å²) in [5.74, 6) is 0.358. The number of hydrogen-bond acceptors (Lipinski definition) is 3. The first kappa shape index (κ1) is 25.1. The molecule has 0 heterocycles. The van der Waals surface area contributed by atoms with E-state index in [2.05, 4.69) is 6.92 Å². The molecule has 0 unspecified atom stereocenters. The number of carbonyl (C=O) groups is 2. The first-order chi connectivity index (χ1) is 12.3. The van der Waals surface area contributed by atoms with Crippen LogP contribution < -0.4 is 0 Å². The highest BCUT2D eigenvalue weighted by Crippen LogP contribution is 2.14. The Hall–Kier alpha value is -0.860. The van der Waals surface area contributed by atoms with E-state index >= 15 is 0 Å². The van der Waals surface area contributed by atoms with Gasteiger partial charge in [-0.3, -0.25) is 9.59 Å². The van der Waals surface area contributed by atoms with Crippen LogP contribution in [-0.4, -0.2) is 17.4 Å². The predicted octanol–water partition coefficient (Wildman–Crippen LogP) is 7.16. The zero-order valence-corrected chi connectivity index (χ0v) is 18.0. The second-order valence-electron chi connectivity index (χ2n) is 8.62. The van der Waals surface area contributed by atoms with Crippen LogP contribution in [0.4, 0.5) is 0 Å². The lowest BCUT2D eigenvalue weighted by Gasteiger charge is -2.19. The van der Waals surface area contributed by atoms with Crippen LogP contribution in [0.3, 0.4) is 0 Å². The molecular formula is C23H44O3. The molecular weight excluding hydrogens is 324 g/mol. The molecule has 154 valence electrons. The van der Waals surface area contributed by atoms with Gasteiger partial charge in [-0.1, -0.05) is 71.1 Å². The Morgan fingerprint density at radius 3 is 1.42 bits per heavy atom. The molecule has 0 rings (SSSR count). The Morgan fingerprint density at radius 1 is 0.615 bits per heavy atom. The van der Waals surface area contributed by atoms with Crippen molar-refractivity contribution in [2.24, 2.45) is 0 Å². The summed E-state index contributed by atoms with van der Waals surface area (Å²) in [6.07, 6.45) is 17.4. The van der Waals surface area contributed by atoms with Crippen LogP contribution in [0.5, 0.6) is 0 Å². The average Bonchev–Trinajstić information content (AvgIpc) is 2.54. The van der Waals surface area contributed by atoms with Gasteiger partial charge in [-0.05, 0) is 40.0 Å². The molecule has 0 bridgehead atoms. The summed E-state index contributed by atoms with van der Waals surface area (Å²) in [6.45, 7) is 7.95. The normalized spacial score (nSPS) is 11.5. The highest BCUT2D eigenvalue weighted by molar-refractivity contribution is 5.78. The molecule has 0 aliphatic heterocycles. The monoisotopic (exact) mass is 368 g/mol. The third kappa shape index (κ3) is 19.5. The molecule has 0 aliphatic carbocycles. The number of rotatable bonds is 17. The second-order valence-corrected chi connectivity index (χ2v) is 8.62. The maximum atomic E-state index is 11.9. The minimum atomic E-state index is -0.376. The third-order valence-corrected chi connectivity index (χ3v) is 4.57. The quantitative estimate of drug-likeness (QED) is 0.202. The van der Waals surface area contributed by atoms with Crippen molar-refractivity contribution in [2.45, 2.75) is 136 Å². The predicted molar refractivity (Wildman–Crippen MR) is 110 cm³/mol. The van der Waals surface area contributed by atoms with Crippen LogP contribution in [0.2, 0.25) is 0 Å². The minimum Gasteiger partial charge on any atom is -0.460 e. The molecule has 3 nitrogen and oxygen atoms in total. The summed E-state index contributed by atoms with van der Waals surface area (Å²) < 4.78 is 5.30. The fourth-order valence-electron chi connectivity index (χ4n) is 3.10. The van der Waals surface area contributed by atoms with Crippen molar-refractivity contribution in [2.75, 3.05) is 0 Å². The molecule has 0 aliphatic rings. The van der Waals surface area contributed by atoms with Gasteiger partial charge in [0.05, 0.1) is 0 Å². The maximum absolute atomic E-state index is 11.9. The summed E-state index contributed by atoms with van der Waals surface area (Å²) >= 11 is 0. The Morgan fingerprint density at radius 2 is 1.00 bits per heavy atom. The van der Waals surface area contributed by atoms with Crippen molar-refractivity contribution < 1.29 is 14.3 Å². The lowest BCUT2D eigenvalue weighted by molar-refractivity contribution is -0.154. The Kier molecular flexibility index (Phi) is 15.8. The molecule has 0 saturated heterocycles. The number of carbonyl (C=O) groups excluding carboxylic acids is 2. The van der Waals surface area contributed by atoms with E-state index in [1.807, 2.05) is 20.8 Å². The number of esters is 1. The molecule has 0 saturated carbocycles. The van der Waals surface area contributed by atoms with Gasteiger partial charge in [-0.15, -0.1) is 0 Å². The van der Waals surface area contributed by atoms with Crippen LogP contribution >= 0.6 is 0 Å². The van der Waals surface area contributed by atoms with Crippen LogP contribution in [0.25, 0.3) is 0 Å². The van der Waals surface area contributed by atoms with E-state index in [0.29, 0.717) is 12.2 Å². The number of Topliss-reactive ketones (excluding diaryl/α,β-unsaturated/α-hetero) is 1. The van der Waals surface area contributed by atoms with Crippen LogP contribution in [0.15, 0.2) is 0 Å². The first-order valence-corrected chi connectivity index (χ1v) is 11.1. The maximum Gasteiger partial charge on any atom is 0.306 e. The van der Waals surface area contributed by atoms with E-state index in [1.165, 1.54) is 44.9 Å². The lowest BCUT2D eigenvalue weighted by atomic mass is 10.0. The zero-order valence-electron chi connectivity index (χ0n) is 18.0. The van der Waals surface area contributed by atoms with Crippen LogP contribution in [-0.2, 0) is 14.3 Å². The van der Waals surface area contributed by atoms with E-state index in [1.54, 1.807) is 0 Å². The van der Waals surface area contributed by atoms with Gasteiger partial charge >= 0.3 is 5.97 Å². The van der Waals surface area contributed by atoms with E-state index in [-0.39, 0.29) is 11.6 Å². The highest BCUT2D eigenvalue weighted by Gasteiger charge is 2.15. The number of hydrogen-bond donors (Lipinski definition) is 0. The number of ketones is 1. The van der Waals surface area contributed by atoms with Gasteiger partial charge in [0.25, 0.3) is 0 Å². The third-order valence-electron chi connectivity index (χ3n) is 4.57. The van der Waals surface area contributed by atoms with E-state index < -0.39 is 0 Å². The standard InChI is InChI=1S/C23H44O3/c1-5-6-7-8-9-12-15-18-21(24)19-16-13-10-11-14-17-20-22(25)26-23(2,3)4/h5-20H2,1-4H3. The molecule has 0 amide bonds. The average molecular weight is 369 g/mol. The fourth-order valence-corrected chi connectivity index (χ4v) is 3.10. The Bertz CT molecular complexity index is 355. The molecule has 0 aromatic rings. The SMILES string of the molecule is CCCCCCCCCC(=O)CCCCCCCCC(=O)OC(C)(C)C. The Labute approximate surface area is 162 Å². The van der Waals surface area contributed by atoms with Gasteiger partial charge in [0.15, 0.2) is 0 Å². The number of unbranched alkanes of at least 4 members (excludes halogenated alkanes) is 11. The summed E-state index contributed by atoms with van der Waals surface area (Å²) in [7, 11) is 0. The highest BCUT2D eigenvalue weighted by atomic mass is 16.6. The second kappa shape index (κ2) is 16.3. The Balaban J connectivity index is 3.31. The molecule has 0 atom stereocenters. The lowest BCUT2D eigenvalue weighted by Crippen LogP contribution is -2.23. The molecule has 0 aromatic carbocycles. The molecule has 0 spiro atoms. The fraction of sp³-hybridized carbons (Fsp3) is 0.913. The van der Waals surface area contributed by atoms with Gasteiger partial charge in [0, 0.05) is 19.3 Å². The molecule has 26 heavy (non-hydrogen) atoms. The topological polar surface area (TPSA) is 43.4 Å². The zero-order chi connectivity index (χ0) is 19.7. The minimum absolute atomic E-state index is 0.0894. The van der Waals surface area contributed by atoms with Crippen molar-refractivity contribution in [1.29, 1.82) is 0 Å². The summed E-state index contributed by atoms with van der Waals surface area (Å²) in [5.41, 5.74) is -0.376. The summed E-state index contributed by atoms with van der Waals surface area (Å²) in [5, 5.41) is 0. The first-order valence-electron chi connectivity index (χ1n) is 11.1. The van der Waals surface area contributed by atoms with Gasteiger partial charge in [0.1, 0.15) is 11.4 Å². The van der Waals surface area contributed by atoms with Gasteiger partial charge in [-0.2, -0.15) is 0 Å². The molecule has 0 radical (unpaired) electrons. The van der Waals surface area contributed by atoms with Crippen LogP contribution in [0, 0.1) is 0 Å². The van der Waals surface area contributed by atoms with Crippen molar-refractivity contribution in [1.82, 2.24) is 0 Å². The van der Waals surface area contributed by atoms with E-state index in [0.717, 1.165) is 51.4 Å². The van der Waals surface area contributed by atoms with Crippen molar-refractivity contribution >= 4 is 11.8 Å². The smallest absolute Gasteiger partial charge is 0.306 e. The largest absolute Gasteiger partial charge is 0.460 e.